The van der Waals surface area contributed by atoms with Crippen LogP contribution >= 0.6 is 0 Å². The summed E-state index contributed by atoms with van der Waals surface area (Å²) < 4.78 is 29.2. The molecule has 2 saturated heterocycles. The van der Waals surface area contributed by atoms with Gasteiger partial charge in [0.05, 0.1) is 0 Å². The van der Waals surface area contributed by atoms with E-state index in [-0.39, 0.29) is 35.3 Å². The topological polar surface area (TPSA) is 73.9 Å². The fraction of sp³-hybridized carbons (Fsp3) is 0.364. The van der Waals surface area contributed by atoms with Crippen molar-refractivity contribution < 1.29 is 23.1 Å². The first kappa shape index (κ1) is 21.0. The number of carbonyl (C=O) groups excluding carboxylic acids is 2. The third-order valence-corrected chi connectivity index (χ3v) is 5.66. The Kier molecular flexibility index (Phi) is 6.31. The summed E-state index contributed by atoms with van der Waals surface area (Å²) in [7, 11) is 0. The maximum atomic E-state index is 12.8. The minimum absolute atomic E-state index is 0.0234. The van der Waals surface area contributed by atoms with Gasteiger partial charge < -0.3 is 20.3 Å². The Morgan fingerprint density at radius 3 is 2.68 bits per heavy atom. The van der Waals surface area contributed by atoms with Crippen LogP contribution in [0.3, 0.4) is 0 Å². The van der Waals surface area contributed by atoms with E-state index < -0.39 is 6.61 Å². The van der Waals surface area contributed by atoms with Crippen molar-refractivity contribution in [3.05, 3.63) is 60.2 Å². The lowest BCUT2D eigenvalue weighted by molar-refractivity contribution is -0.0498. The molecular formula is C22H24F2N4O3. The van der Waals surface area contributed by atoms with Gasteiger partial charge in [0, 0.05) is 49.5 Å². The average molecular weight is 430 g/mol. The van der Waals surface area contributed by atoms with Crippen LogP contribution in [0.15, 0.2) is 54.6 Å². The number of benzene rings is 2. The second-order valence-corrected chi connectivity index (χ2v) is 7.66. The number of amides is 3. The molecule has 4 rings (SSSR count). The zero-order valence-corrected chi connectivity index (χ0v) is 16.8. The molecule has 0 spiro atoms. The van der Waals surface area contributed by atoms with E-state index in [9.17, 15) is 18.4 Å². The number of alkyl halides is 2. The Balaban J connectivity index is 1.36. The van der Waals surface area contributed by atoms with Crippen molar-refractivity contribution in [3.63, 3.8) is 0 Å². The number of ether oxygens (including phenoxy) is 1. The predicted molar refractivity (Wildman–Crippen MR) is 111 cm³/mol. The Hall–Kier alpha value is -3.20. The summed E-state index contributed by atoms with van der Waals surface area (Å²) in [4.78, 5) is 29.5. The molecule has 0 saturated carbocycles. The van der Waals surface area contributed by atoms with Gasteiger partial charge in [0.2, 0.25) is 0 Å². The van der Waals surface area contributed by atoms with E-state index in [2.05, 4.69) is 20.3 Å². The highest BCUT2D eigenvalue weighted by atomic mass is 19.3. The number of piperazine rings is 1. The quantitative estimate of drug-likeness (QED) is 0.739. The molecule has 1 unspecified atom stereocenters. The van der Waals surface area contributed by atoms with E-state index in [1.807, 2.05) is 35.2 Å². The van der Waals surface area contributed by atoms with Gasteiger partial charge in [-0.05, 0) is 36.8 Å². The number of halogens is 2. The summed E-state index contributed by atoms with van der Waals surface area (Å²) >= 11 is 0. The predicted octanol–water partition coefficient (Wildman–Crippen LogP) is 3.01. The highest BCUT2D eigenvalue weighted by molar-refractivity contribution is 5.94. The van der Waals surface area contributed by atoms with Crippen molar-refractivity contribution in [2.24, 2.45) is 0 Å². The van der Waals surface area contributed by atoms with Crippen LogP contribution in [0.1, 0.15) is 16.8 Å². The standard InChI is InChI=1S/C22H24F2N4O3/c23-21(24)31-19-8-4-5-15(11-19)20(29)25-12-18-14-28(17-9-10-27(18)13-17)22(30)26-16-6-2-1-3-7-16/h1-8,11,17-18,21H,9-10,12-14H2,(H,25,29)(H,26,30)/t17-,18+/m0/s1. The van der Waals surface area contributed by atoms with Gasteiger partial charge in [-0.3, -0.25) is 9.69 Å². The molecule has 3 atom stereocenters. The zero-order valence-electron chi connectivity index (χ0n) is 16.8. The van der Waals surface area contributed by atoms with Crippen LogP contribution in [0.5, 0.6) is 5.75 Å². The highest BCUT2D eigenvalue weighted by Crippen LogP contribution is 2.25. The van der Waals surface area contributed by atoms with Gasteiger partial charge in [-0.25, -0.2) is 4.79 Å². The minimum atomic E-state index is -2.95. The van der Waals surface area contributed by atoms with E-state index in [4.69, 9.17) is 0 Å². The van der Waals surface area contributed by atoms with Crippen molar-refractivity contribution in [3.8, 4) is 5.75 Å². The number of hydrogen-bond acceptors (Lipinski definition) is 4. The Morgan fingerprint density at radius 2 is 1.90 bits per heavy atom. The second kappa shape index (κ2) is 9.30. The van der Waals surface area contributed by atoms with Gasteiger partial charge in [-0.1, -0.05) is 24.3 Å². The van der Waals surface area contributed by atoms with Crippen LogP contribution in [0.25, 0.3) is 0 Å². The molecular weight excluding hydrogens is 406 g/mol. The van der Waals surface area contributed by atoms with Crippen molar-refractivity contribution in [2.75, 3.05) is 31.5 Å². The van der Waals surface area contributed by atoms with Gasteiger partial charge in [0.25, 0.3) is 5.91 Å². The molecule has 0 radical (unpaired) electrons. The van der Waals surface area contributed by atoms with E-state index >= 15 is 0 Å². The molecule has 0 aliphatic carbocycles. The number of nitrogens with one attached hydrogen (secondary N) is 2. The number of urea groups is 1. The number of para-hydroxylation sites is 1. The number of carbonyl (C=O) groups is 2. The molecule has 2 aliphatic rings. The van der Waals surface area contributed by atoms with Gasteiger partial charge in [0.15, 0.2) is 0 Å². The summed E-state index contributed by atoms with van der Waals surface area (Å²) in [5, 5.41) is 5.79. The molecule has 2 aromatic carbocycles. The smallest absolute Gasteiger partial charge is 0.387 e. The number of rotatable bonds is 6. The third-order valence-electron chi connectivity index (χ3n) is 5.66. The van der Waals surface area contributed by atoms with E-state index in [1.54, 1.807) is 6.07 Å². The molecule has 2 N–H and O–H groups in total. The first-order valence-corrected chi connectivity index (χ1v) is 10.2. The molecule has 2 aromatic rings. The van der Waals surface area contributed by atoms with Gasteiger partial charge >= 0.3 is 12.6 Å². The first-order chi connectivity index (χ1) is 15.0. The number of anilines is 1. The Morgan fingerprint density at radius 1 is 1.10 bits per heavy atom. The fourth-order valence-corrected chi connectivity index (χ4v) is 4.13. The van der Waals surface area contributed by atoms with Crippen LogP contribution in [-0.2, 0) is 0 Å². The average Bonchev–Trinajstić information content (AvgIpc) is 3.17. The van der Waals surface area contributed by atoms with Crippen LogP contribution in [0.4, 0.5) is 19.3 Å². The molecule has 2 aliphatic heterocycles. The minimum Gasteiger partial charge on any atom is -0.435 e. The van der Waals surface area contributed by atoms with Crippen LogP contribution in [0, 0.1) is 0 Å². The highest BCUT2D eigenvalue weighted by Gasteiger charge is 2.40. The number of fused-ring (bicyclic) bond motifs is 2. The summed E-state index contributed by atoms with van der Waals surface area (Å²) in [6, 6.07) is 15.0. The first-order valence-electron chi connectivity index (χ1n) is 10.2. The van der Waals surface area contributed by atoms with Crippen molar-refractivity contribution >= 4 is 17.6 Å². The molecule has 31 heavy (non-hydrogen) atoms. The van der Waals surface area contributed by atoms with Crippen LogP contribution in [-0.4, -0.2) is 66.6 Å². The van der Waals surface area contributed by atoms with E-state index in [0.29, 0.717) is 13.1 Å². The fourth-order valence-electron chi connectivity index (χ4n) is 4.13. The summed E-state index contributed by atoms with van der Waals surface area (Å²) in [6.45, 7) is -0.478. The molecule has 2 bridgehead atoms. The maximum absolute atomic E-state index is 12.8. The summed E-state index contributed by atoms with van der Waals surface area (Å²) in [5.74, 6) is -0.437. The van der Waals surface area contributed by atoms with Gasteiger partial charge in [0.1, 0.15) is 5.75 Å². The summed E-state index contributed by atoms with van der Waals surface area (Å²) in [5.41, 5.74) is 0.982. The summed E-state index contributed by atoms with van der Waals surface area (Å²) in [6.07, 6.45) is 0.889. The molecule has 9 heteroatoms. The van der Waals surface area contributed by atoms with Gasteiger partial charge in [-0.15, -0.1) is 0 Å². The number of hydrogen-bond donors (Lipinski definition) is 2. The van der Waals surface area contributed by atoms with E-state index in [0.717, 1.165) is 25.2 Å². The van der Waals surface area contributed by atoms with Gasteiger partial charge in [-0.2, -0.15) is 8.78 Å². The van der Waals surface area contributed by atoms with E-state index in [1.165, 1.54) is 18.2 Å². The van der Waals surface area contributed by atoms with Crippen molar-refractivity contribution in [2.45, 2.75) is 25.1 Å². The molecule has 2 fully saturated rings. The SMILES string of the molecule is O=C(NC[C@@H]1CN(C(=O)Nc2ccccc2)[C@H]2CCN1C2)c1cccc(OC(F)F)c1. The van der Waals surface area contributed by atoms with Crippen molar-refractivity contribution in [1.82, 2.24) is 15.1 Å². The number of nitrogens with zero attached hydrogens (tertiary/aromatic N) is 2. The molecule has 3 amide bonds. The lowest BCUT2D eigenvalue weighted by atomic mass is 10.1. The largest absolute Gasteiger partial charge is 0.435 e. The third kappa shape index (κ3) is 5.11. The van der Waals surface area contributed by atoms with Crippen molar-refractivity contribution in [1.29, 1.82) is 0 Å². The Bertz CT molecular complexity index is 928. The molecule has 7 nitrogen and oxygen atoms in total. The zero-order chi connectivity index (χ0) is 21.8. The maximum Gasteiger partial charge on any atom is 0.387 e. The monoisotopic (exact) mass is 430 g/mol. The van der Waals surface area contributed by atoms with Crippen LogP contribution in [0.2, 0.25) is 0 Å². The lowest BCUT2D eigenvalue weighted by Gasteiger charge is -2.40. The molecule has 164 valence electrons. The second-order valence-electron chi connectivity index (χ2n) is 7.66. The molecule has 2 heterocycles. The molecule has 0 aromatic heterocycles. The Labute approximate surface area is 179 Å². The van der Waals surface area contributed by atoms with Crippen LogP contribution < -0.4 is 15.4 Å². The lowest BCUT2D eigenvalue weighted by Crippen LogP contribution is -2.58. The normalized spacial score (nSPS) is 22.3.